The van der Waals surface area contributed by atoms with E-state index in [9.17, 15) is 4.79 Å². The molecule has 0 atom stereocenters. The molecule has 1 amide bonds. The minimum atomic E-state index is -0.163. The molecule has 19 heavy (non-hydrogen) atoms. The molecule has 2 aromatic rings. The smallest absolute Gasteiger partial charge is 0.263 e. The lowest BCUT2D eigenvalue weighted by molar-refractivity contribution is 0.0948. The summed E-state index contributed by atoms with van der Waals surface area (Å²) in [5.41, 5.74) is 8.18. The third-order valence-electron chi connectivity index (χ3n) is 2.84. The van der Waals surface area contributed by atoms with Crippen molar-refractivity contribution < 1.29 is 4.79 Å². The molecule has 0 aromatic carbocycles. The van der Waals surface area contributed by atoms with E-state index in [1.165, 1.54) is 11.3 Å². The average Bonchev–Trinajstić information content (AvgIpc) is 2.63. The number of fused-ring (bicyclic) bond motifs is 1. The number of pyridine rings is 1. The van der Waals surface area contributed by atoms with Crippen LogP contribution in [0, 0.1) is 13.8 Å². The SMILES string of the molecule is Cc1nc2sc(C(=O)NC(C)C)c(N)c2c(C)c1Cl. The van der Waals surface area contributed by atoms with E-state index in [1.54, 1.807) is 0 Å². The molecule has 0 fully saturated rings. The minimum absolute atomic E-state index is 0.0662. The summed E-state index contributed by atoms with van der Waals surface area (Å²) in [5.74, 6) is -0.163. The molecule has 4 nitrogen and oxygen atoms in total. The first-order valence-electron chi connectivity index (χ1n) is 5.98. The molecule has 0 unspecified atom stereocenters. The zero-order chi connectivity index (χ0) is 14.3. The Labute approximate surface area is 121 Å². The summed E-state index contributed by atoms with van der Waals surface area (Å²) in [5, 5.41) is 4.23. The van der Waals surface area contributed by atoms with Crippen LogP contribution < -0.4 is 11.1 Å². The Morgan fingerprint density at radius 3 is 2.63 bits per heavy atom. The van der Waals surface area contributed by atoms with Gasteiger partial charge in [-0.2, -0.15) is 0 Å². The van der Waals surface area contributed by atoms with Crippen LogP contribution in [-0.4, -0.2) is 16.9 Å². The van der Waals surface area contributed by atoms with Crippen molar-refractivity contribution in [3.63, 3.8) is 0 Å². The summed E-state index contributed by atoms with van der Waals surface area (Å²) in [7, 11) is 0. The van der Waals surface area contributed by atoms with Crippen LogP contribution in [0.3, 0.4) is 0 Å². The number of rotatable bonds is 2. The van der Waals surface area contributed by atoms with E-state index in [1.807, 2.05) is 27.7 Å². The lowest BCUT2D eigenvalue weighted by atomic mass is 10.1. The van der Waals surface area contributed by atoms with Gasteiger partial charge in [0.25, 0.3) is 5.91 Å². The van der Waals surface area contributed by atoms with Crippen LogP contribution >= 0.6 is 22.9 Å². The molecule has 2 heterocycles. The molecule has 102 valence electrons. The Balaban J connectivity index is 2.64. The van der Waals surface area contributed by atoms with Crippen molar-refractivity contribution in [3.8, 4) is 0 Å². The van der Waals surface area contributed by atoms with Gasteiger partial charge in [0.1, 0.15) is 9.71 Å². The first-order valence-corrected chi connectivity index (χ1v) is 7.18. The largest absolute Gasteiger partial charge is 0.397 e. The van der Waals surface area contributed by atoms with Crippen molar-refractivity contribution in [2.24, 2.45) is 0 Å². The molecule has 0 spiro atoms. The quantitative estimate of drug-likeness (QED) is 0.894. The fraction of sp³-hybridized carbons (Fsp3) is 0.385. The molecule has 0 saturated heterocycles. The number of amides is 1. The van der Waals surface area contributed by atoms with Gasteiger partial charge in [0.2, 0.25) is 0 Å². The van der Waals surface area contributed by atoms with E-state index >= 15 is 0 Å². The molecule has 0 saturated carbocycles. The highest BCUT2D eigenvalue weighted by molar-refractivity contribution is 7.21. The normalized spacial score (nSPS) is 11.3. The number of aryl methyl sites for hydroxylation is 2. The fourth-order valence-electron chi connectivity index (χ4n) is 1.95. The standard InChI is InChI=1S/C13H16ClN3OS/c1-5(2)16-12(18)11-10(15)8-6(3)9(14)7(4)17-13(8)19-11/h5H,15H2,1-4H3,(H,16,18). The summed E-state index contributed by atoms with van der Waals surface area (Å²) in [4.78, 5) is 17.7. The number of nitrogens with one attached hydrogen (secondary N) is 1. The number of hydrogen-bond donors (Lipinski definition) is 2. The molecular weight excluding hydrogens is 282 g/mol. The fourth-order valence-corrected chi connectivity index (χ4v) is 3.19. The third kappa shape index (κ3) is 2.40. The van der Waals surface area contributed by atoms with Crippen molar-refractivity contribution in [2.75, 3.05) is 5.73 Å². The van der Waals surface area contributed by atoms with Crippen molar-refractivity contribution in [2.45, 2.75) is 33.7 Å². The molecule has 0 bridgehead atoms. The Hall–Kier alpha value is -1.33. The van der Waals surface area contributed by atoms with Gasteiger partial charge in [0.15, 0.2) is 0 Å². The van der Waals surface area contributed by atoms with Crippen LogP contribution in [0.25, 0.3) is 10.2 Å². The summed E-state index contributed by atoms with van der Waals surface area (Å²) >= 11 is 7.49. The number of nitrogen functional groups attached to an aromatic ring is 1. The maximum absolute atomic E-state index is 12.1. The highest BCUT2D eigenvalue weighted by atomic mass is 35.5. The highest BCUT2D eigenvalue weighted by Crippen LogP contribution is 2.38. The number of anilines is 1. The number of nitrogens with zero attached hydrogens (tertiary/aromatic N) is 1. The molecule has 2 rings (SSSR count). The second-order valence-electron chi connectivity index (χ2n) is 4.79. The summed E-state index contributed by atoms with van der Waals surface area (Å²) < 4.78 is 0. The van der Waals surface area contributed by atoms with Gasteiger partial charge in [-0.1, -0.05) is 11.6 Å². The molecule has 6 heteroatoms. The predicted molar refractivity (Wildman–Crippen MR) is 81.1 cm³/mol. The molecule has 3 N–H and O–H groups in total. The van der Waals surface area contributed by atoms with Gasteiger partial charge in [0.05, 0.1) is 16.4 Å². The summed E-state index contributed by atoms with van der Waals surface area (Å²) in [6.07, 6.45) is 0. The molecule has 2 aromatic heterocycles. The highest BCUT2D eigenvalue weighted by Gasteiger charge is 2.20. The Morgan fingerprint density at radius 1 is 1.42 bits per heavy atom. The molecule has 0 aliphatic heterocycles. The third-order valence-corrected chi connectivity index (χ3v) is 4.50. The van der Waals surface area contributed by atoms with Crippen LogP contribution in [0.5, 0.6) is 0 Å². The van der Waals surface area contributed by atoms with Crippen LogP contribution in [0.15, 0.2) is 0 Å². The van der Waals surface area contributed by atoms with E-state index < -0.39 is 0 Å². The van der Waals surface area contributed by atoms with Gasteiger partial charge in [-0.25, -0.2) is 4.98 Å². The number of aromatic nitrogens is 1. The Morgan fingerprint density at radius 2 is 2.05 bits per heavy atom. The zero-order valence-electron chi connectivity index (χ0n) is 11.3. The summed E-state index contributed by atoms with van der Waals surface area (Å²) in [6.45, 7) is 7.56. The number of nitrogens with two attached hydrogens (primary N) is 1. The topological polar surface area (TPSA) is 68.0 Å². The van der Waals surface area contributed by atoms with Crippen LogP contribution in [0.1, 0.15) is 34.8 Å². The van der Waals surface area contributed by atoms with Crippen molar-refractivity contribution in [1.29, 1.82) is 0 Å². The van der Waals surface area contributed by atoms with Gasteiger partial charge in [-0.05, 0) is 33.3 Å². The van der Waals surface area contributed by atoms with E-state index in [2.05, 4.69) is 10.3 Å². The first kappa shape index (κ1) is 14.1. The van der Waals surface area contributed by atoms with E-state index in [-0.39, 0.29) is 11.9 Å². The number of halogens is 1. The predicted octanol–water partition coefficient (Wildman–Crippen LogP) is 3.29. The molecule has 0 aliphatic rings. The van der Waals surface area contributed by atoms with Gasteiger partial charge in [0, 0.05) is 11.4 Å². The van der Waals surface area contributed by atoms with Crippen molar-refractivity contribution in [1.82, 2.24) is 10.3 Å². The maximum Gasteiger partial charge on any atom is 0.263 e. The zero-order valence-corrected chi connectivity index (χ0v) is 12.9. The first-order chi connectivity index (χ1) is 8.82. The Kier molecular flexibility index (Phi) is 3.69. The van der Waals surface area contributed by atoms with Crippen LogP contribution in [0.2, 0.25) is 5.02 Å². The Bertz CT molecular complexity index is 664. The number of carbonyl (C=O) groups is 1. The van der Waals surface area contributed by atoms with Gasteiger partial charge >= 0.3 is 0 Å². The maximum atomic E-state index is 12.1. The molecule has 0 radical (unpaired) electrons. The van der Waals surface area contributed by atoms with Gasteiger partial charge in [-0.3, -0.25) is 4.79 Å². The van der Waals surface area contributed by atoms with Crippen molar-refractivity contribution in [3.05, 3.63) is 21.2 Å². The lowest BCUT2D eigenvalue weighted by Gasteiger charge is -2.07. The number of hydrogen-bond acceptors (Lipinski definition) is 4. The number of thiophene rings is 1. The second-order valence-corrected chi connectivity index (χ2v) is 6.17. The van der Waals surface area contributed by atoms with Gasteiger partial charge < -0.3 is 11.1 Å². The van der Waals surface area contributed by atoms with E-state index in [0.717, 1.165) is 21.5 Å². The minimum Gasteiger partial charge on any atom is -0.397 e. The summed E-state index contributed by atoms with van der Waals surface area (Å²) in [6, 6.07) is 0.0662. The monoisotopic (exact) mass is 297 g/mol. The van der Waals surface area contributed by atoms with Crippen LogP contribution in [-0.2, 0) is 0 Å². The van der Waals surface area contributed by atoms with E-state index in [0.29, 0.717) is 15.6 Å². The van der Waals surface area contributed by atoms with Gasteiger partial charge in [-0.15, -0.1) is 11.3 Å². The second kappa shape index (κ2) is 4.98. The van der Waals surface area contributed by atoms with E-state index in [4.69, 9.17) is 17.3 Å². The molecular formula is C13H16ClN3OS. The lowest BCUT2D eigenvalue weighted by Crippen LogP contribution is -2.29. The van der Waals surface area contributed by atoms with Crippen molar-refractivity contribution >= 4 is 44.7 Å². The number of carbonyl (C=O) groups excluding carboxylic acids is 1. The van der Waals surface area contributed by atoms with Crippen LogP contribution in [0.4, 0.5) is 5.69 Å². The molecule has 0 aliphatic carbocycles. The average molecular weight is 298 g/mol.